The van der Waals surface area contributed by atoms with Crippen LogP contribution in [-0.4, -0.2) is 22.6 Å². The topological polar surface area (TPSA) is 90.7 Å². The third-order valence-electron chi connectivity index (χ3n) is 4.78. The molecule has 0 spiro atoms. The molecule has 3 aromatic carbocycles. The molecule has 0 radical (unpaired) electrons. The van der Waals surface area contributed by atoms with Crippen molar-refractivity contribution in [1.29, 1.82) is 5.26 Å². The van der Waals surface area contributed by atoms with E-state index in [4.69, 9.17) is 5.26 Å². The predicted octanol–water partition coefficient (Wildman–Crippen LogP) is 4.91. The van der Waals surface area contributed by atoms with Gasteiger partial charge in [0.05, 0.1) is 11.6 Å². The minimum absolute atomic E-state index is 0.156. The third kappa shape index (κ3) is 5.13. The van der Waals surface area contributed by atoms with Crippen molar-refractivity contribution in [1.82, 2.24) is 10.2 Å². The third-order valence-corrected chi connectivity index (χ3v) is 5.58. The van der Waals surface area contributed by atoms with Gasteiger partial charge >= 0.3 is 0 Å². The van der Waals surface area contributed by atoms with E-state index in [1.165, 1.54) is 22.5 Å². The molecular weight excluding hydrogens is 406 g/mol. The van der Waals surface area contributed by atoms with Gasteiger partial charge in [-0.3, -0.25) is 10.1 Å². The number of carbonyl (C=O) groups excluding carboxylic acids is 1. The van der Waals surface area contributed by atoms with E-state index in [9.17, 15) is 4.79 Å². The second-order valence-electron chi connectivity index (χ2n) is 6.81. The van der Waals surface area contributed by atoms with Crippen molar-refractivity contribution < 1.29 is 4.79 Å². The first-order chi connectivity index (χ1) is 15.2. The van der Waals surface area contributed by atoms with E-state index >= 15 is 0 Å². The van der Waals surface area contributed by atoms with E-state index < -0.39 is 0 Å². The molecule has 4 rings (SSSR count). The molecule has 1 aromatic heterocycles. The van der Waals surface area contributed by atoms with E-state index in [1.54, 1.807) is 24.3 Å². The van der Waals surface area contributed by atoms with Gasteiger partial charge in [-0.1, -0.05) is 72.0 Å². The van der Waals surface area contributed by atoms with Crippen LogP contribution in [-0.2, 0) is 0 Å². The Hall–Kier alpha value is -4.02. The highest BCUT2D eigenvalue weighted by Gasteiger charge is 2.15. The van der Waals surface area contributed by atoms with Crippen LogP contribution in [0.5, 0.6) is 0 Å². The SMILES string of the molecule is N#Cc1ccc(C(=O)Nc2nnc(NCC(c3ccccc3)c3ccccc3)s2)cc1. The van der Waals surface area contributed by atoms with Gasteiger partial charge in [-0.05, 0) is 35.4 Å². The standard InChI is InChI=1S/C24H19N5OS/c25-15-17-11-13-20(14-12-17)22(30)27-24-29-28-23(31-24)26-16-21(18-7-3-1-4-8-18)19-9-5-2-6-10-19/h1-14,21H,16H2,(H,26,28)(H,27,29,30). The van der Waals surface area contributed by atoms with Crippen LogP contribution >= 0.6 is 11.3 Å². The van der Waals surface area contributed by atoms with Crippen LogP contribution < -0.4 is 10.6 Å². The van der Waals surface area contributed by atoms with Crippen molar-refractivity contribution in [3.05, 3.63) is 107 Å². The lowest BCUT2D eigenvalue weighted by atomic mass is 9.91. The summed E-state index contributed by atoms with van der Waals surface area (Å²) in [6.07, 6.45) is 0. The highest BCUT2D eigenvalue weighted by Crippen LogP contribution is 2.27. The number of carbonyl (C=O) groups is 1. The van der Waals surface area contributed by atoms with Crippen LogP contribution in [0, 0.1) is 11.3 Å². The number of hydrogen-bond acceptors (Lipinski definition) is 6. The van der Waals surface area contributed by atoms with Crippen molar-refractivity contribution in [3.8, 4) is 6.07 Å². The van der Waals surface area contributed by atoms with Gasteiger partial charge in [0, 0.05) is 18.0 Å². The minimum atomic E-state index is -0.293. The number of amides is 1. The fourth-order valence-electron chi connectivity index (χ4n) is 3.20. The Morgan fingerprint density at radius 3 is 2.03 bits per heavy atom. The van der Waals surface area contributed by atoms with Gasteiger partial charge in [0.25, 0.3) is 5.91 Å². The molecule has 31 heavy (non-hydrogen) atoms. The average Bonchev–Trinajstić information content (AvgIpc) is 3.28. The highest BCUT2D eigenvalue weighted by molar-refractivity contribution is 7.19. The average molecular weight is 426 g/mol. The lowest BCUT2D eigenvalue weighted by Crippen LogP contribution is -2.14. The van der Waals surface area contributed by atoms with Gasteiger partial charge < -0.3 is 5.32 Å². The zero-order chi connectivity index (χ0) is 21.5. The molecule has 0 unspecified atom stereocenters. The maximum Gasteiger partial charge on any atom is 0.257 e. The van der Waals surface area contributed by atoms with Crippen LogP contribution in [0.3, 0.4) is 0 Å². The van der Waals surface area contributed by atoms with E-state index in [-0.39, 0.29) is 11.8 Å². The predicted molar refractivity (Wildman–Crippen MR) is 122 cm³/mol. The van der Waals surface area contributed by atoms with Gasteiger partial charge in [-0.25, -0.2) is 0 Å². The zero-order valence-electron chi connectivity index (χ0n) is 16.5. The number of nitrogens with one attached hydrogen (secondary N) is 2. The molecule has 6 nitrogen and oxygen atoms in total. The van der Waals surface area contributed by atoms with Crippen LogP contribution in [0.4, 0.5) is 10.3 Å². The fourth-order valence-corrected chi connectivity index (χ4v) is 3.84. The van der Waals surface area contributed by atoms with Crippen molar-refractivity contribution >= 4 is 27.5 Å². The van der Waals surface area contributed by atoms with Crippen LogP contribution in [0.2, 0.25) is 0 Å². The molecule has 0 aliphatic carbocycles. The summed E-state index contributed by atoms with van der Waals surface area (Å²) in [4.78, 5) is 12.4. The Balaban J connectivity index is 1.42. The van der Waals surface area contributed by atoms with Crippen molar-refractivity contribution in [2.45, 2.75) is 5.92 Å². The van der Waals surface area contributed by atoms with Gasteiger partial charge in [-0.15, -0.1) is 10.2 Å². The number of nitriles is 1. The molecule has 0 fully saturated rings. The minimum Gasteiger partial charge on any atom is -0.359 e. The molecule has 7 heteroatoms. The van der Waals surface area contributed by atoms with Gasteiger partial charge in [-0.2, -0.15) is 5.26 Å². The molecule has 2 N–H and O–H groups in total. The number of aromatic nitrogens is 2. The quantitative estimate of drug-likeness (QED) is 0.439. The van der Waals surface area contributed by atoms with E-state index in [1.807, 2.05) is 42.5 Å². The molecule has 0 bridgehead atoms. The van der Waals surface area contributed by atoms with Gasteiger partial charge in [0.2, 0.25) is 10.3 Å². The van der Waals surface area contributed by atoms with Crippen molar-refractivity contribution in [2.75, 3.05) is 17.2 Å². The maximum absolute atomic E-state index is 12.4. The second-order valence-corrected chi connectivity index (χ2v) is 7.79. The Morgan fingerprint density at radius 2 is 1.45 bits per heavy atom. The number of nitrogens with zero attached hydrogens (tertiary/aromatic N) is 3. The molecule has 0 saturated heterocycles. The lowest BCUT2D eigenvalue weighted by Gasteiger charge is -2.18. The summed E-state index contributed by atoms with van der Waals surface area (Å²) in [5.74, 6) is -0.137. The zero-order valence-corrected chi connectivity index (χ0v) is 17.3. The molecule has 0 aliphatic rings. The number of rotatable bonds is 7. The van der Waals surface area contributed by atoms with E-state index in [0.29, 0.717) is 27.9 Å². The Morgan fingerprint density at radius 1 is 0.871 bits per heavy atom. The highest BCUT2D eigenvalue weighted by atomic mass is 32.1. The molecule has 1 heterocycles. The summed E-state index contributed by atoms with van der Waals surface area (Å²) in [5.41, 5.74) is 3.38. The second kappa shape index (κ2) is 9.65. The van der Waals surface area contributed by atoms with E-state index in [0.717, 1.165) is 0 Å². The van der Waals surface area contributed by atoms with Gasteiger partial charge in [0.1, 0.15) is 0 Å². The first-order valence-electron chi connectivity index (χ1n) is 9.72. The summed E-state index contributed by atoms with van der Waals surface area (Å²) in [6, 6.07) is 29.1. The summed E-state index contributed by atoms with van der Waals surface area (Å²) in [5, 5.41) is 24.2. The lowest BCUT2D eigenvalue weighted by molar-refractivity contribution is 0.102. The Kier molecular flexibility index (Phi) is 6.31. The normalized spacial score (nSPS) is 10.5. The monoisotopic (exact) mass is 425 g/mol. The fraction of sp³-hybridized carbons (Fsp3) is 0.0833. The summed E-state index contributed by atoms with van der Waals surface area (Å²) in [6.45, 7) is 0.645. The molecule has 4 aromatic rings. The van der Waals surface area contributed by atoms with Gasteiger partial charge in [0.15, 0.2) is 0 Å². The first kappa shape index (κ1) is 20.3. The number of benzene rings is 3. The van der Waals surface area contributed by atoms with E-state index in [2.05, 4.69) is 45.1 Å². The molecule has 152 valence electrons. The summed E-state index contributed by atoms with van der Waals surface area (Å²) >= 11 is 1.28. The summed E-state index contributed by atoms with van der Waals surface area (Å²) < 4.78 is 0. The first-order valence-corrected chi connectivity index (χ1v) is 10.5. The molecular formula is C24H19N5OS. The van der Waals surface area contributed by atoms with Crippen LogP contribution in [0.15, 0.2) is 84.9 Å². The Labute approximate surface area is 184 Å². The molecule has 0 atom stereocenters. The Bertz CT molecular complexity index is 1140. The van der Waals surface area contributed by atoms with Crippen molar-refractivity contribution in [3.63, 3.8) is 0 Å². The van der Waals surface area contributed by atoms with Crippen LogP contribution in [0.25, 0.3) is 0 Å². The largest absolute Gasteiger partial charge is 0.359 e. The van der Waals surface area contributed by atoms with Crippen molar-refractivity contribution in [2.24, 2.45) is 0 Å². The molecule has 0 aliphatic heterocycles. The smallest absolute Gasteiger partial charge is 0.257 e. The summed E-state index contributed by atoms with van der Waals surface area (Å²) in [7, 11) is 0. The maximum atomic E-state index is 12.4. The number of hydrogen-bond donors (Lipinski definition) is 2. The molecule has 0 saturated carbocycles. The molecule has 1 amide bonds. The number of anilines is 2. The van der Waals surface area contributed by atoms with Crippen LogP contribution in [0.1, 0.15) is 33.0 Å².